The van der Waals surface area contributed by atoms with Crippen molar-refractivity contribution in [3.05, 3.63) is 51.3 Å². The number of nitrogens with zero attached hydrogens (tertiary/aromatic N) is 3. The van der Waals surface area contributed by atoms with Gasteiger partial charge in [0, 0.05) is 24.3 Å². The van der Waals surface area contributed by atoms with Gasteiger partial charge in [-0.25, -0.2) is 4.98 Å². The molecule has 3 rings (SSSR count). The Morgan fingerprint density at radius 2 is 1.85 bits per heavy atom. The number of nitrogens with one attached hydrogen (secondary N) is 2. The van der Waals surface area contributed by atoms with Crippen LogP contribution in [0.4, 0.5) is 5.69 Å². The summed E-state index contributed by atoms with van der Waals surface area (Å²) in [6, 6.07) is 6.85. The number of aromatic nitrogens is 3. The molecule has 0 saturated carbocycles. The van der Waals surface area contributed by atoms with Gasteiger partial charge in [0.15, 0.2) is 5.65 Å². The van der Waals surface area contributed by atoms with Crippen molar-refractivity contribution in [2.24, 2.45) is 7.05 Å². The van der Waals surface area contributed by atoms with Gasteiger partial charge in [0.05, 0.1) is 27.9 Å². The molecule has 0 aliphatic carbocycles. The molecule has 0 atom stereocenters. The van der Waals surface area contributed by atoms with Crippen LogP contribution >= 0.6 is 15.9 Å². The number of halogens is 1. The Morgan fingerprint density at radius 1 is 1.12 bits per heavy atom. The Hall–Kier alpha value is -2.74. The average molecular weight is 416 g/mol. The monoisotopic (exact) mass is 415 g/mol. The maximum atomic E-state index is 13.0. The van der Waals surface area contributed by atoms with Gasteiger partial charge in [0.2, 0.25) is 0 Å². The lowest BCUT2D eigenvalue weighted by atomic mass is 10.1. The van der Waals surface area contributed by atoms with Crippen molar-refractivity contribution >= 4 is 44.5 Å². The van der Waals surface area contributed by atoms with Crippen molar-refractivity contribution in [3.8, 4) is 0 Å². The Labute approximate surface area is 158 Å². The summed E-state index contributed by atoms with van der Waals surface area (Å²) in [7, 11) is 3.34. The van der Waals surface area contributed by atoms with E-state index in [1.54, 1.807) is 43.0 Å². The lowest BCUT2D eigenvalue weighted by Gasteiger charge is -2.12. The number of hydrogen-bond acceptors (Lipinski definition) is 4. The first-order valence-electron chi connectivity index (χ1n) is 7.95. The molecule has 2 amide bonds. The zero-order valence-corrected chi connectivity index (χ0v) is 16.4. The van der Waals surface area contributed by atoms with E-state index in [0.29, 0.717) is 33.5 Å². The number of anilines is 1. The number of rotatable bonds is 3. The first-order chi connectivity index (χ1) is 12.3. The number of pyridine rings is 1. The van der Waals surface area contributed by atoms with Gasteiger partial charge in [-0.15, -0.1) is 0 Å². The molecular weight excluding hydrogens is 398 g/mol. The maximum Gasteiger partial charge on any atom is 0.256 e. The number of fused-ring (bicyclic) bond motifs is 1. The first kappa shape index (κ1) is 18.1. The topological polar surface area (TPSA) is 88.9 Å². The normalized spacial score (nSPS) is 10.8. The second kappa shape index (κ2) is 6.87. The van der Waals surface area contributed by atoms with E-state index in [-0.39, 0.29) is 11.8 Å². The molecule has 0 aliphatic rings. The molecule has 7 nitrogen and oxygen atoms in total. The van der Waals surface area contributed by atoms with E-state index in [1.165, 1.54) is 0 Å². The van der Waals surface area contributed by atoms with Crippen LogP contribution in [0, 0.1) is 13.8 Å². The van der Waals surface area contributed by atoms with Gasteiger partial charge >= 0.3 is 0 Å². The number of carbonyl (C=O) groups excluding carboxylic acids is 2. The van der Waals surface area contributed by atoms with E-state index in [1.807, 2.05) is 13.8 Å². The SMILES string of the molecule is CNC(=O)c1cc(Br)ccc1NC(=O)c1cc(C)nc2c1c(C)nn2C. The minimum atomic E-state index is -0.316. The number of hydrogen-bond donors (Lipinski definition) is 2. The van der Waals surface area contributed by atoms with Crippen molar-refractivity contribution in [3.63, 3.8) is 0 Å². The van der Waals surface area contributed by atoms with E-state index in [0.717, 1.165) is 10.2 Å². The summed E-state index contributed by atoms with van der Waals surface area (Å²) < 4.78 is 2.41. The van der Waals surface area contributed by atoms with Gasteiger partial charge in [0.1, 0.15) is 0 Å². The zero-order chi connectivity index (χ0) is 19.0. The number of carbonyl (C=O) groups is 2. The Kier molecular flexibility index (Phi) is 4.78. The molecule has 0 unspecified atom stereocenters. The zero-order valence-electron chi connectivity index (χ0n) is 14.8. The van der Waals surface area contributed by atoms with Crippen molar-refractivity contribution in [2.45, 2.75) is 13.8 Å². The standard InChI is InChI=1S/C18H18BrN5O2/c1-9-7-13(15-10(2)23-24(4)16(15)21-9)18(26)22-14-6-5-11(19)8-12(14)17(25)20-3/h5-8H,1-4H3,(H,20,25)(H,22,26). The second-order valence-electron chi connectivity index (χ2n) is 5.94. The average Bonchev–Trinajstić information content (AvgIpc) is 2.89. The molecule has 1 aromatic carbocycles. The summed E-state index contributed by atoms with van der Waals surface area (Å²) in [5.74, 6) is -0.598. The number of aryl methyl sites for hydroxylation is 3. The molecule has 0 bridgehead atoms. The molecular formula is C18H18BrN5O2. The van der Waals surface area contributed by atoms with Gasteiger partial charge in [0.25, 0.3) is 11.8 Å². The van der Waals surface area contributed by atoms with Gasteiger partial charge in [-0.2, -0.15) is 5.10 Å². The molecule has 8 heteroatoms. The predicted octanol–water partition coefficient (Wildman–Crippen LogP) is 2.96. The highest BCUT2D eigenvalue weighted by atomic mass is 79.9. The Bertz CT molecular complexity index is 1040. The van der Waals surface area contributed by atoms with Crippen LogP contribution in [0.3, 0.4) is 0 Å². The van der Waals surface area contributed by atoms with Crippen molar-refractivity contribution < 1.29 is 9.59 Å². The molecule has 0 radical (unpaired) electrons. The largest absolute Gasteiger partial charge is 0.355 e. The van der Waals surface area contributed by atoms with Crippen LogP contribution in [-0.4, -0.2) is 33.6 Å². The van der Waals surface area contributed by atoms with Crippen LogP contribution < -0.4 is 10.6 Å². The van der Waals surface area contributed by atoms with Crippen LogP contribution in [0.1, 0.15) is 32.1 Å². The van der Waals surface area contributed by atoms with Gasteiger partial charge in [-0.05, 0) is 38.1 Å². The highest BCUT2D eigenvalue weighted by Crippen LogP contribution is 2.25. The minimum Gasteiger partial charge on any atom is -0.355 e. The smallest absolute Gasteiger partial charge is 0.256 e. The molecule has 0 fully saturated rings. The fourth-order valence-corrected chi connectivity index (χ4v) is 3.25. The van der Waals surface area contributed by atoms with E-state index < -0.39 is 0 Å². The molecule has 26 heavy (non-hydrogen) atoms. The summed E-state index contributed by atoms with van der Waals surface area (Å²) in [6.07, 6.45) is 0. The van der Waals surface area contributed by atoms with Crippen LogP contribution in [-0.2, 0) is 7.05 Å². The molecule has 2 aromatic heterocycles. The molecule has 3 aromatic rings. The lowest BCUT2D eigenvalue weighted by molar-refractivity contribution is 0.0964. The van der Waals surface area contributed by atoms with E-state index in [2.05, 4.69) is 36.6 Å². The Morgan fingerprint density at radius 3 is 2.54 bits per heavy atom. The van der Waals surface area contributed by atoms with Crippen LogP contribution in [0.25, 0.3) is 11.0 Å². The first-order valence-corrected chi connectivity index (χ1v) is 8.75. The van der Waals surface area contributed by atoms with E-state index in [9.17, 15) is 9.59 Å². The Balaban J connectivity index is 2.08. The van der Waals surface area contributed by atoms with E-state index >= 15 is 0 Å². The summed E-state index contributed by atoms with van der Waals surface area (Å²) in [5.41, 5.74) is 3.37. The third-order valence-corrected chi connectivity index (χ3v) is 4.54. The second-order valence-corrected chi connectivity index (χ2v) is 6.86. The quantitative estimate of drug-likeness (QED) is 0.687. The molecule has 134 valence electrons. The summed E-state index contributed by atoms with van der Waals surface area (Å²) in [6.45, 7) is 3.67. The third-order valence-electron chi connectivity index (χ3n) is 4.04. The van der Waals surface area contributed by atoms with E-state index in [4.69, 9.17) is 0 Å². The van der Waals surface area contributed by atoms with Crippen molar-refractivity contribution in [1.29, 1.82) is 0 Å². The van der Waals surface area contributed by atoms with Crippen LogP contribution in [0.15, 0.2) is 28.7 Å². The van der Waals surface area contributed by atoms with Gasteiger partial charge in [-0.1, -0.05) is 15.9 Å². The van der Waals surface area contributed by atoms with Gasteiger partial charge in [-0.3, -0.25) is 14.3 Å². The number of benzene rings is 1. The summed E-state index contributed by atoms with van der Waals surface area (Å²) in [4.78, 5) is 29.6. The minimum absolute atomic E-state index is 0.282. The number of amides is 2. The molecule has 0 spiro atoms. The molecule has 2 heterocycles. The van der Waals surface area contributed by atoms with Crippen molar-refractivity contribution in [2.75, 3.05) is 12.4 Å². The fourth-order valence-electron chi connectivity index (χ4n) is 2.89. The molecule has 0 saturated heterocycles. The fraction of sp³-hybridized carbons (Fsp3) is 0.222. The van der Waals surface area contributed by atoms with Crippen LogP contribution in [0.2, 0.25) is 0 Å². The maximum absolute atomic E-state index is 13.0. The predicted molar refractivity (Wildman–Crippen MR) is 103 cm³/mol. The highest BCUT2D eigenvalue weighted by Gasteiger charge is 2.20. The van der Waals surface area contributed by atoms with Crippen LogP contribution in [0.5, 0.6) is 0 Å². The highest BCUT2D eigenvalue weighted by molar-refractivity contribution is 9.10. The van der Waals surface area contributed by atoms with Crippen molar-refractivity contribution in [1.82, 2.24) is 20.1 Å². The summed E-state index contributed by atoms with van der Waals surface area (Å²) >= 11 is 3.35. The third kappa shape index (κ3) is 3.20. The lowest BCUT2D eigenvalue weighted by Crippen LogP contribution is -2.21. The summed E-state index contributed by atoms with van der Waals surface area (Å²) in [5, 5.41) is 10.5. The molecule has 0 aliphatic heterocycles. The molecule has 2 N–H and O–H groups in total. The van der Waals surface area contributed by atoms with Gasteiger partial charge < -0.3 is 10.6 Å².